The number of unbranched alkanes of at least 4 members (excludes halogenated alkanes) is 1. The number of aromatic nitrogens is 2. The van der Waals surface area contributed by atoms with E-state index in [0.717, 1.165) is 30.8 Å². The maximum Gasteiger partial charge on any atom is 0.160 e. The lowest BCUT2D eigenvalue weighted by atomic mass is 10.2. The molecule has 0 aliphatic carbocycles. The number of ether oxygens (including phenoxy) is 1. The molecule has 0 spiro atoms. The lowest BCUT2D eigenvalue weighted by Gasteiger charge is -2.04. The van der Waals surface area contributed by atoms with Gasteiger partial charge in [-0.3, -0.25) is 4.68 Å². The third kappa shape index (κ3) is 3.85. The summed E-state index contributed by atoms with van der Waals surface area (Å²) < 4.78 is 7.89. The number of benzene rings is 1. The Morgan fingerprint density at radius 1 is 1.16 bits per heavy atom. The Kier molecular flexibility index (Phi) is 5.01. The van der Waals surface area contributed by atoms with Gasteiger partial charge in [-0.25, -0.2) is 0 Å². The Morgan fingerprint density at radius 2 is 1.95 bits per heavy atom. The predicted molar refractivity (Wildman–Crippen MR) is 77.3 cm³/mol. The van der Waals surface area contributed by atoms with Gasteiger partial charge in [-0.2, -0.15) is 5.10 Å². The van der Waals surface area contributed by atoms with Crippen molar-refractivity contribution in [1.82, 2.24) is 9.78 Å². The molecule has 0 atom stereocenters. The van der Waals surface area contributed by atoms with Crippen LogP contribution in [0, 0.1) is 0 Å². The van der Waals surface area contributed by atoms with Crippen molar-refractivity contribution in [3.63, 3.8) is 0 Å². The molecule has 0 bridgehead atoms. The van der Waals surface area contributed by atoms with Gasteiger partial charge in [0.05, 0.1) is 6.20 Å². The first-order chi connectivity index (χ1) is 9.33. The Labute approximate surface area is 115 Å². The fourth-order valence-corrected chi connectivity index (χ4v) is 1.98. The first-order valence-corrected chi connectivity index (χ1v) is 7.06. The van der Waals surface area contributed by atoms with Crippen LogP contribution in [0.25, 0.3) is 0 Å². The normalized spacial score (nSPS) is 10.6. The van der Waals surface area contributed by atoms with E-state index in [2.05, 4.69) is 31.1 Å². The van der Waals surface area contributed by atoms with Crippen molar-refractivity contribution in [2.45, 2.75) is 46.3 Å². The van der Waals surface area contributed by atoms with Gasteiger partial charge in [0, 0.05) is 6.54 Å². The van der Waals surface area contributed by atoms with Gasteiger partial charge in [0.15, 0.2) is 5.75 Å². The van der Waals surface area contributed by atoms with Crippen LogP contribution in [0.4, 0.5) is 0 Å². The maximum atomic E-state index is 5.89. The SMILES string of the molecule is CCCCn1cc(OCc2ccccc2)c(CC)n1. The number of hydrogen-bond donors (Lipinski definition) is 0. The summed E-state index contributed by atoms with van der Waals surface area (Å²) in [5.41, 5.74) is 2.23. The smallest absolute Gasteiger partial charge is 0.160 e. The van der Waals surface area contributed by atoms with Crippen LogP contribution in [-0.2, 0) is 19.6 Å². The van der Waals surface area contributed by atoms with E-state index in [-0.39, 0.29) is 0 Å². The van der Waals surface area contributed by atoms with Crippen molar-refractivity contribution in [1.29, 1.82) is 0 Å². The molecule has 2 aromatic rings. The number of hydrogen-bond acceptors (Lipinski definition) is 2. The van der Waals surface area contributed by atoms with Gasteiger partial charge in [-0.15, -0.1) is 0 Å². The predicted octanol–water partition coefficient (Wildman–Crippen LogP) is 3.82. The summed E-state index contributed by atoms with van der Waals surface area (Å²) >= 11 is 0. The molecule has 3 nitrogen and oxygen atoms in total. The molecule has 0 saturated carbocycles. The summed E-state index contributed by atoms with van der Waals surface area (Å²) in [4.78, 5) is 0. The fraction of sp³-hybridized carbons (Fsp3) is 0.438. The van der Waals surface area contributed by atoms with Crippen molar-refractivity contribution < 1.29 is 4.74 Å². The molecule has 0 N–H and O–H groups in total. The molecule has 0 aliphatic heterocycles. The summed E-state index contributed by atoms with van der Waals surface area (Å²) in [7, 11) is 0. The van der Waals surface area contributed by atoms with Crippen LogP contribution in [0.15, 0.2) is 36.5 Å². The lowest BCUT2D eigenvalue weighted by molar-refractivity contribution is 0.303. The standard InChI is InChI=1S/C16H22N2O/c1-3-5-11-18-12-16(15(4-2)17-18)19-13-14-9-7-6-8-10-14/h6-10,12H,3-5,11,13H2,1-2H3. The molecule has 2 rings (SSSR count). The molecule has 0 radical (unpaired) electrons. The Bertz CT molecular complexity index is 491. The lowest BCUT2D eigenvalue weighted by Crippen LogP contribution is -1.98. The highest BCUT2D eigenvalue weighted by Crippen LogP contribution is 2.19. The highest BCUT2D eigenvalue weighted by molar-refractivity contribution is 5.25. The first kappa shape index (κ1) is 13.7. The molecular formula is C16H22N2O. The molecule has 1 aromatic heterocycles. The largest absolute Gasteiger partial charge is 0.485 e. The summed E-state index contributed by atoms with van der Waals surface area (Å²) in [6, 6.07) is 10.2. The van der Waals surface area contributed by atoms with E-state index >= 15 is 0 Å². The second-order valence-corrected chi connectivity index (χ2v) is 4.68. The van der Waals surface area contributed by atoms with Crippen molar-refractivity contribution in [2.75, 3.05) is 0 Å². The molecule has 19 heavy (non-hydrogen) atoms. The molecule has 0 unspecified atom stereocenters. The number of rotatable bonds is 7. The van der Waals surface area contributed by atoms with Crippen LogP contribution >= 0.6 is 0 Å². The van der Waals surface area contributed by atoms with Gasteiger partial charge in [0.2, 0.25) is 0 Å². The van der Waals surface area contributed by atoms with E-state index in [1.54, 1.807) is 0 Å². The van der Waals surface area contributed by atoms with Crippen LogP contribution < -0.4 is 4.74 Å². The molecule has 0 amide bonds. The maximum absolute atomic E-state index is 5.89. The van der Waals surface area contributed by atoms with Crippen LogP contribution in [0.3, 0.4) is 0 Å². The minimum Gasteiger partial charge on any atom is -0.485 e. The molecule has 0 fully saturated rings. The third-order valence-corrected chi connectivity index (χ3v) is 3.11. The summed E-state index contributed by atoms with van der Waals surface area (Å²) in [6.45, 7) is 5.88. The zero-order chi connectivity index (χ0) is 13.5. The molecule has 102 valence electrons. The van der Waals surface area contributed by atoms with E-state index in [4.69, 9.17) is 4.74 Å². The monoisotopic (exact) mass is 258 g/mol. The molecular weight excluding hydrogens is 236 g/mol. The zero-order valence-electron chi connectivity index (χ0n) is 11.8. The Balaban J connectivity index is 2.00. The van der Waals surface area contributed by atoms with E-state index in [0.29, 0.717) is 6.61 Å². The van der Waals surface area contributed by atoms with Crippen molar-refractivity contribution >= 4 is 0 Å². The first-order valence-electron chi connectivity index (χ1n) is 7.06. The highest BCUT2D eigenvalue weighted by atomic mass is 16.5. The average Bonchev–Trinajstić information content (AvgIpc) is 2.86. The van der Waals surface area contributed by atoms with E-state index in [1.165, 1.54) is 12.0 Å². The third-order valence-electron chi connectivity index (χ3n) is 3.11. The zero-order valence-corrected chi connectivity index (χ0v) is 11.8. The minimum atomic E-state index is 0.604. The van der Waals surface area contributed by atoms with Crippen LogP contribution in [0.5, 0.6) is 5.75 Å². The van der Waals surface area contributed by atoms with Gasteiger partial charge in [0.1, 0.15) is 12.3 Å². The Hall–Kier alpha value is -1.77. The number of aryl methyl sites for hydroxylation is 2. The van der Waals surface area contributed by atoms with Gasteiger partial charge < -0.3 is 4.74 Å². The van der Waals surface area contributed by atoms with E-state index < -0.39 is 0 Å². The van der Waals surface area contributed by atoms with Crippen molar-refractivity contribution in [3.05, 3.63) is 47.8 Å². The highest BCUT2D eigenvalue weighted by Gasteiger charge is 2.08. The minimum absolute atomic E-state index is 0.604. The van der Waals surface area contributed by atoms with Gasteiger partial charge in [0.25, 0.3) is 0 Å². The quantitative estimate of drug-likeness (QED) is 0.754. The van der Waals surface area contributed by atoms with Crippen molar-refractivity contribution in [3.8, 4) is 5.75 Å². The van der Waals surface area contributed by atoms with Crippen LogP contribution in [0.1, 0.15) is 37.9 Å². The molecule has 3 heteroatoms. The fourth-order valence-electron chi connectivity index (χ4n) is 1.98. The van der Waals surface area contributed by atoms with Gasteiger partial charge >= 0.3 is 0 Å². The average molecular weight is 258 g/mol. The van der Waals surface area contributed by atoms with Crippen LogP contribution in [0.2, 0.25) is 0 Å². The second kappa shape index (κ2) is 6.98. The molecule has 1 aromatic carbocycles. The van der Waals surface area contributed by atoms with Crippen LogP contribution in [-0.4, -0.2) is 9.78 Å². The van der Waals surface area contributed by atoms with E-state index in [1.807, 2.05) is 29.1 Å². The van der Waals surface area contributed by atoms with Gasteiger partial charge in [-0.1, -0.05) is 50.6 Å². The van der Waals surface area contributed by atoms with Gasteiger partial charge in [-0.05, 0) is 18.4 Å². The van der Waals surface area contributed by atoms with Crippen molar-refractivity contribution in [2.24, 2.45) is 0 Å². The molecule has 0 aliphatic rings. The Morgan fingerprint density at radius 3 is 2.63 bits per heavy atom. The van der Waals surface area contributed by atoms with E-state index in [9.17, 15) is 0 Å². The second-order valence-electron chi connectivity index (χ2n) is 4.68. The summed E-state index contributed by atoms with van der Waals surface area (Å²) in [5.74, 6) is 0.919. The summed E-state index contributed by atoms with van der Waals surface area (Å²) in [6.07, 6.45) is 5.27. The molecule has 1 heterocycles. The molecule has 0 saturated heterocycles. The summed E-state index contributed by atoms with van der Waals surface area (Å²) in [5, 5.41) is 4.57. The number of nitrogens with zero attached hydrogens (tertiary/aromatic N) is 2. The topological polar surface area (TPSA) is 27.1 Å².